The van der Waals surface area contributed by atoms with Crippen LogP contribution in [-0.4, -0.2) is 12.3 Å². The van der Waals surface area contributed by atoms with Crippen LogP contribution >= 0.6 is 0 Å². The van der Waals surface area contributed by atoms with E-state index in [1.165, 1.54) is 5.71 Å². The number of nitrogens with zero attached hydrogens (tertiary/aromatic N) is 1. The lowest BCUT2D eigenvalue weighted by molar-refractivity contribution is 1.08. The van der Waals surface area contributed by atoms with E-state index in [4.69, 9.17) is 0 Å². The zero-order chi connectivity index (χ0) is 6.41. The highest BCUT2D eigenvalue weighted by Crippen LogP contribution is 1.89. The predicted molar refractivity (Wildman–Crippen MR) is 38.2 cm³/mol. The van der Waals surface area contributed by atoms with Crippen molar-refractivity contribution in [2.75, 3.05) is 6.54 Å². The Labute approximate surface area is 51.8 Å². The Balaban J connectivity index is 3.49. The lowest BCUT2D eigenvalue weighted by Crippen LogP contribution is -1.93. The van der Waals surface area contributed by atoms with Gasteiger partial charge >= 0.3 is 0 Å². The zero-order valence-corrected chi connectivity index (χ0v) is 5.78. The van der Waals surface area contributed by atoms with Crippen LogP contribution in [0.5, 0.6) is 0 Å². The highest BCUT2D eigenvalue weighted by Gasteiger charge is 1.86. The fourth-order valence-electron chi connectivity index (χ4n) is 0.591. The van der Waals surface area contributed by atoms with E-state index < -0.39 is 0 Å². The van der Waals surface area contributed by atoms with Gasteiger partial charge in [-0.05, 0) is 26.7 Å². The van der Waals surface area contributed by atoms with E-state index in [2.05, 4.69) is 18.8 Å². The van der Waals surface area contributed by atoms with E-state index in [9.17, 15) is 0 Å². The highest BCUT2D eigenvalue weighted by molar-refractivity contribution is 5.84. The summed E-state index contributed by atoms with van der Waals surface area (Å²) in [4.78, 5) is 4.22. The average Bonchev–Trinajstić information content (AvgIpc) is 1.83. The first-order valence-corrected chi connectivity index (χ1v) is 3.16. The van der Waals surface area contributed by atoms with Gasteiger partial charge in [-0.15, -0.1) is 0 Å². The molecule has 0 spiro atoms. The van der Waals surface area contributed by atoms with Gasteiger partial charge in [0.05, 0.1) is 0 Å². The van der Waals surface area contributed by atoms with Gasteiger partial charge in [-0.25, -0.2) is 0 Å². The maximum absolute atomic E-state index is 4.22. The molecule has 0 bridgehead atoms. The van der Waals surface area contributed by atoms with E-state index in [-0.39, 0.29) is 0 Å². The Morgan fingerprint density at radius 3 is 2.25 bits per heavy atom. The van der Waals surface area contributed by atoms with Crippen molar-refractivity contribution in [3.8, 4) is 0 Å². The lowest BCUT2D eigenvalue weighted by atomic mass is 10.2. The monoisotopic (exact) mass is 112 g/mol. The van der Waals surface area contributed by atoms with Crippen molar-refractivity contribution in [3.05, 3.63) is 6.92 Å². The second-order valence-corrected chi connectivity index (χ2v) is 1.64. The molecule has 0 N–H and O–H groups in total. The fraction of sp³-hybridized carbons (Fsp3) is 0.714. The summed E-state index contributed by atoms with van der Waals surface area (Å²) in [7, 11) is 0. The molecule has 0 unspecified atom stereocenters. The number of hydrogen-bond donors (Lipinski definition) is 0. The average molecular weight is 112 g/mol. The fourth-order valence-corrected chi connectivity index (χ4v) is 0.591. The molecule has 0 aromatic rings. The van der Waals surface area contributed by atoms with Gasteiger partial charge in [0, 0.05) is 12.3 Å². The maximum atomic E-state index is 4.22. The molecular weight excluding hydrogens is 98.1 g/mol. The second kappa shape index (κ2) is 4.82. The van der Waals surface area contributed by atoms with Crippen molar-refractivity contribution in [2.24, 2.45) is 4.99 Å². The predicted octanol–water partition coefficient (Wildman–Crippen LogP) is 2.08. The van der Waals surface area contributed by atoms with Crippen LogP contribution in [-0.2, 0) is 0 Å². The Morgan fingerprint density at radius 1 is 1.50 bits per heavy atom. The highest BCUT2D eigenvalue weighted by atomic mass is 14.7. The van der Waals surface area contributed by atoms with Crippen LogP contribution in [0.4, 0.5) is 0 Å². The third-order valence-electron chi connectivity index (χ3n) is 1.08. The van der Waals surface area contributed by atoms with Crippen LogP contribution in [0.2, 0.25) is 0 Å². The normalized spacial score (nSPS) is 12.1. The van der Waals surface area contributed by atoms with Gasteiger partial charge in [-0.2, -0.15) is 0 Å². The second-order valence-electron chi connectivity index (χ2n) is 1.64. The third kappa shape index (κ3) is 2.78. The first-order chi connectivity index (χ1) is 3.85. The van der Waals surface area contributed by atoms with Crippen molar-refractivity contribution in [1.29, 1.82) is 0 Å². The molecule has 0 fully saturated rings. The molecule has 0 heterocycles. The molecule has 0 aliphatic carbocycles. The van der Waals surface area contributed by atoms with Crippen molar-refractivity contribution >= 4 is 5.71 Å². The van der Waals surface area contributed by atoms with Gasteiger partial charge in [-0.1, -0.05) is 6.92 Å². The maximum Gasteiger partial charge on any atom is 0.0360 e. The molecule has 1 radical (unpaired) electrons. The van der Waals surface area contributed by atoms with Gasteiger partial charge in [0.15, 0.2) is 0 Å². The van der Waals surface area contributed by atoms with Crippen molar-refractivity contribution in [2.45, 2.75) is 26.7 Å². The quantitative estimate of drug-likeness (QED) is 0.496. The van der Waals surface area contributed by atoms with Gasteiger partial charge in [-0.3, -0.25) is 4.99 Å². The molecule has 47 valence electrons. The number of rotatable bonds is 3. The van der Waals surface area contributed by atoms with Crippen molar-refractivity contribution in [3.63, 3.8) is 0 Å². The molecule has 0 aromatic heterocycles. The van der Waals surface area contributed by atoms with E-state index in [1.54, 1.807) is 0 Å². The lowest BCUT2D eigenvalue weighted by Gasteiger charge is -1.94. The molecule has 0 aliphatic heterocycles. The first kappa shape index (κ1) is 7.67. The molecule has 0 atom stereocenters. The van der Waals surface area contributed by atoms with E-state index in [1.807, 2.05) is 6.92 Å². The van der Waals surface area contributed by atoms with Gasteiger partial charge in [0.2, 0.25) is 0 Å². The summed E-state index contributed by atoms with van der Waals surface area (Å²) in [6, 6.07) is 0. The minimum atomic E-state index is 0.865. The van der Waals surface area contributed by atoms with E-state index >= 15 is 0 Å². The molecule has 8 heavy (non-hydrogen) atoms. The molecule has 1 heteroatoms. The van der Waals surface area contributed by atoms with Crippen LogP contribution in [0.15, 0.2) is 4.99 Å². The summed E-state index contributed by atoms with van der Waals surface area (Å²) < 4.78 is 0. The molecular formula is C7H14N. The van der Waals surface area contributed by atoms with Crippen LogP contribution in [0.3, 0.4) is 0 Å². The summed E-state index contributed by atoms with van der Waals surface area (Å²) in [6.45, 7) is 8.80. The summed E-state index contributed by atoms with van der Waals surface area (Å²) in [5, 5.41) is 0. The van der Waals surface area contributed by atoms with Gasteiger partial charge < -0.3 is 0 Å². The first-order valence-electron chi connectivity index (χ1n) is 3.16. The topological polar surface area (TPSA) is 12.4 Å². The number of hydrogen-bond acceptors (Lipinski definition) is 1. The summed E-state index contributed by atoms with van der Waals surface area (Å²) in [5.41, 5.74) is 1.23. The Hall–Kier alpha value is -0.330. The molecule has 0 aromatic carbocycles. The molecule has 0 amide bonds. The van der Waals surface area contributed by atoms with Crippen molar-refractivity contribution in [1.82, 2.24) is 0 Å². The van der Waals surface area contributed by atoms with Crippen LogP contribution < -0.4 is 0 Å². The molecule has 0 rings (SSSR count). The number of aliphatic imine (C=N–C) groups is 1. The smallest absolute Gasteiger partial charge is 0.0360 e. The molecule has 0 aliphatic rings. The minimum absolute atomic E-state index is 0.865. The third-order valence-corrected chi connectivity index (χ3v) is 1.08. The van der Waals surface area contributed by atoms with E-state index in [0.29, 0.717) is 0 Å². The molecule has 0 saturated heterocycles. The van der Waals surface area contributed by atoms with Crippen LogP contribution in [0, 0.1) is 6.92 Å². The van der Waals surface area contributed by atoms with Gasteiger partial charge in [0.1, 0.15) is 0 Å². The molecule has 1 nitrogen and oxygen atoms in total. The molecule has 0 saturated carbocycles. The largest absolute Gasteiger partial charge is 0.294 e. The standard InChI is InChI=1S/C7H14N/c1-4-7(5-2)8-6-3/h1,4-6H2,2-3H3/b8-7+. The van der Waals surface area contributed by atoms with E-state index in [0.717, 1.165) is 19.4 Å². The summed E-state index contributed by atoms with van der Waals surface area (Å²) in [5.74, 6) is 0. The van der Waals surface area contributed by atoms with Crippen molar-refractivity contribution < 1.29 is 0 Å². The SMILES string of the molecule is [CH2]C/C(CC)=N\CC. The van der Waals surface area contributed by atoms with Crippen LogP contribution in [0.1, 0.15) is 26.7 Å². The minimum Gasteiger partial charge on any atom is -0.294 e. The Morgan fingerprint density at radius 2 is 2.12 bits per heavy atom. The summed E-state index contributed by atoms with van der Waals surface area (Å²) >= 11 is 0. The Bertz CT molecular complexity index is 68.5. The van der Waals surface area contributed by atoms with Gasteiger partial charge in [0.25, 0.3) is 0 Å². The van der Waals surface area contributed by atoms with Crippen LogP contribution in [0.25, 0.3) is 0 Å². The Kier molecular flexibility index (Phi) is 4.62. The zero-order valence-electron chi connectivity index (χ0n) is 5.78. The summed E-state index contributed by atoms with van der Waals surface area (Å²) in [6.07, 6.45) is 1.92.